The Hall–Kier alpha value is 0.390. The van der Waals surface area contributed by atoms with Gasteiger partial charge in [-0.15, -0.1) is 7.92 Å². The Kier molecular flexibility index (Phi) is 16.1. The normalized spacial score (nSPS) is 8.57. The summed E-state index contributed by atoms with van der Waals surface area (Å²) < 4.78 is 0. The van der Waals surface area contributed by atoms with E-state index in [1.807, 2.05) is 30.3 Å². The SMILES string of the molecule is CCP(CC)CC.[Au+].[c-]1ccccc1. The second-order valence-corrected chi connectivity index (χ2v) is 5.94. The van der Waals surface area contributed by atoms with E-state index in [4.69, 9.17) is 0 Å². The molecule has 0 aliphatic heterocycles. The van der Waals surface area contributed by atoms with Gasteiger partial charge in [0.25, 0.3) is 0 Å². The Bertz CT molecular complexity index is 141. The van der Waals surface area contributed by atoms with Gasteiger partial charge in [0, 0.05) is 0 Å². The van der Waals surface area contributed by atoms with E-state index in [2.05, 4.69) is 26.8 Å². The molecule has 0 aliphatic rings. The molecule has 0 aliphatic carbocycles. The van der Waals surface area contributed by atoms with Crippen molar-refractivity contribution >= 4 is 7.92 Å². The van der Waals surface area contributed by atoms with Crippen LogP contribution in [0.4, 0.5) is 0 Å². The van der Waals surface area contributed by atoms with E-state index < -0.39 is 0 Å². The Balaban J connectivity index is 0. The first kappa shape index (κ1) is 16.8. The zero-order chi connectivity index (χ0) is 9.94. The van der Waals surface area contributed by atoms with E-state index in [0.29, 0.717) is 7.92 Å². The molecule has 0 saturated carbocycles. The average Bonchev–Trinajstić information content (AvgIpc) is 2.24. The molecule has 0 amide bonds. The fourth-order valence-corrected chi connectivity index (χ4v) is 2.35. The molecule has 1 rings (SSSR count). The minimum Gasteiger partial charge on any atom is -0.184 e. The van der Waals surface area contributed by atoms with E-state index in [9.17, 15) is 0 Å². The third-order valence-corrected chi connectivity index (χ3v) is 4.63. The second kappa shape index (κ2) is 13.4. The third-order valence-electron chi connectivity index (χ3n) is 1.95. The first-order chi connectivity index (χ1) is 6.35. The van der Waals surface area contributed by atoms with Crippen molar-refractivity contribution in [3.8, 4) is 0 Å². The summed E-state index contributed by atoms with van der Waals surface area (Å²) in [5.74, 6) is 0. The van der Waals surface area contributed by atoms with Gasteiger partial charge in [-0.3, -0.25) is 0 Å². The van der Waals surface area contributed by atoms with Gasteiger partial charge in [0.2, 0.25) is 0 Å². The first-order valence-corrected chi connectivity index (χ1v) is 6.88. The van der Waals surface area contributed by atoms with Crippen LogP contribution < -0.4 is 0 Å². The molecule has 0 nitrogen and oxygen atoms in total. The molecule has 1 aromatic carbocycles. The molecular formula is C12H20AuP. The third kappa shape index (κ3) is 10.5. The molecule has 0 fully saturated rings. The smallest absolute Gasteiger partial charge is 0.184 e. The van der Waals surface area contributed by atoms with Crippen molar-refractivity contribution in [2.45, 2.75) is 20.8 Å². The zero-order valence-corrected chi connectivity index (χ0v) is 12.3. The van der Waals surface area contributed by atoms with Crippen molar-refractivity contribution in [1.82, 2.24) is 0 Å². The number of hydrogen-bond acceptors (Lipinski definition) is 0. The maximum atomic E-state index is 2.89. The molecule has 84 valence electrons. The Morgan fingerprint density at radius 3 is 1.36 bits per heavy atom. The second-order valence-electron chi connectivity index (χ2n) is 2.70. The molecular weight excluding hydrogens is 372 g/mol. The molecule has 0 atom stereocenters. The number of benzene rings is 1. The van der Waals surface area contributed by atoms with E-state index in [1.165, 1.54) is 18.5 Å². The van der Waals surface area contributed by atoms with Crippen LogP contribution in [0, 0.1) is 6.07 Å². The van der Waals surface area contributed by atoms with E-state index >= 15 is 0 Å². The van der Waals surface area contributed by atoms with Crippen LogP contribution in [0.2, 0.25) is 0 Å². The van der Waals surface area contributed by atoms with Gasteiger partial charge < -0.3 is 0 Å². The summed E-state index contributed by atoms with van der Waals surface area (Å²) >= 11 is 0. The average molecular weight is 392 g/mol. The molecule has 0 aromatic heterocycles. The van der Waals surface area contributed by atoms with Crippen molar-refractivity contribution in [3.63, 3.8) is 0 Å². The predicted molar refractivity (Wildman–Crippen MR) is 63.8 cm³/mol. The van der Waals surface area contributed by atoms with E-state index in [-0.39, 0.29) is 22.4 Å². The monoisotopic (exact) mass is 392 g/mol. The number of hydrogen-bond donors (Lipinski definition) is 0. The van der Waals surface area contributed by atoms with Crippen molar-refractivity contribution in [2.75, 3.05) is 18.5 Å². The summed E-state index contributed by atoms with van der Waals surface area (Å²) in [4.78, 5) is 0. The Morgan fingerprint density at radius 1 is 0.857 bits per heavy atom. The quantitative estimate of drug-likeness (QED) is 0.414. The van der Waals surface area contributed by atoms with Crippen molar-refractivity contribution in [1.29, 1.82) is 0 Å². The summed E-state index contributed by atoms with van der Waals surface area (Å²) in [5.41, 5.74) is 0. The van der Waals surface area contributed by atoms with Gasteiger partial charge in [0.15, 0.2) is 0 Å². The van der Waals surface area contributed by atoms with Crippen LogP contribution in [-0.4, -0.2) is 18.5 Å². The molecule has 0 radical (unpaired) electrons. The first-order valence-electron chi connectivity index (χ1n) is 4.98. The van der Waals surface area contributed by atoms with Crippen LogP contribution >= 0.6 is 7.92 Å². The van der Waals surface area contributed by atoms with Gasteiger partial charge in [-0.05, 0) is 18.5 Å². The summed E-state index contributed by atoms with van der Waals surface area (Å²) in [5, 5.41) is 0. The largest absolute Gasteiger partial charge is 1.00 e. The van der Waals surface area contributed by atoms with Crippen molar-refractivity contribution in [3.05, 3.63) is 36.4 Å². The molecule has 0 unspecified atom stereocenters. The molecule has 2 heteroatoms. The summed E-state index contributed by atoms with van der Waals surface area (Å²) in [6.45, 7) is 6.87. The van der Waals surface area contributed by atoms with Crippen molar-refractivity contribution < 1.29 is 22.4 Å². The van der Waals surface area contributed by atoms with Gasteiger partial charge in [0.1, 0.15) is 0 Å². The van der Waals surface area contributed by atoms with Gasteiger partial charge in [-0.25, -0.2) is 0 Å². The fourth-order valence-electron chi connectivity index (χ4n) is 1.01. The molecule has 0 saturated heterocycles. The number of rotatable bonds is 3. The van der Waals surface area contributed by atoms with Crippen LogP contribution in [0.5, 0.6) is 0 Å². The standard InChI is InChI=1S/C6H15P.C6H5.Au/c1-4-7(5-2)6-3;1-2-4-6-5-3-1;/h4-6H2,1-3H3;1-5H;/q;-1;+1. The Labute approximate surface area is 106 Å². The summed E-state index contributed by atoms with van der Waals surface area (Å²) in [7, 11) is 0.446. The van der Waals surface area contributed by atoms with Crippen molar-refractivity contribution in [2.24, 2.45) is 0 Å². The minimum atomic E-state index is 0. The minimum absolute atomic E-state index is 0. The van der Waals surface area contributed by atoms with Gasteiger partial charge in [-0.1, -0.05) is 20.8 Å². The molecule has 0 spiro atoms. The van der Waals surface area contributed by atoms with Crippen LogP contribution in [0.3, 0.4) is 0 Å². The molecule has 1 aromatic rings. The zero-order valence-electron chi connectivity index (χ0n) is 9.26. The van der Waals surface area contributed by atoms with Crippen LogP contribution in [0.25, 0.3) is 0 Å². The van der Waals surface area contributed by atoms with Crippen LogP contribution in [-0.2, 0) is 22.4 Å². The molecule has 0 bridgehead atoms. The van der Waals surface area contributed by atoms with E-state index in [1.54, 1.807) is 0 Å². The summed E-state index contributed by atoms with van der Waals surface area (Å²) in [6.07, 6.45) is 4.26. The molecule has 14 heavy (non-hydrogen) atoms. The van der Waals surface area contributed by atoms with E-state index in [0.717, 1.165) is 0 Å². The summed E-state index contributed by atoms with van der Waals surface area (Å²) in [6, 6.07) is 12.5. The maximum absolute atomic E-state index is 2.89. The predicted octanol–water partition coefficient (Wildman–Crippen LogP) is 4.01. The van der Waals surface area contributed by atoms with Crippen LogP contribution in [0.1, 0.15) is 20.8 Å². The molecule has 0 N–H and O–H groups in total. The van der Waals surface area contributed by atoms with Gasteiger partial charge in [-0.2, -0.15) is 36.4 Å². The van der Waals surface area contributed by atoms with Crippen LogP contribution in [0.15, 0.2) is 30.3 Å². The van der Waals surface area contributed by atoms with Gasteiger partial charge in [0.05, 0.1) is 0 Å². The maximum Gasteiger partial charge on any atom is 1.00 e. The fraction of sp³-hybridized carbons (Fsp3) is 0.500. The topological polar surface area (TPSA) is 0 Å². The Morgan fingerprint density at radius 2 is 1.29 bits per heavy atom. The van der Waals surface area contributed by atoms with Gasteiger partial charge >= 0.3 is 22.4 Å². The molecule has 0 heterocycles.